The summed E-state index contributed by atoms with van der Waals surface area (Å²) in [7, 11) is 0. The van der Waals surface area contributed by atoms with Gasteiger partial charge in [0, 0.05) is 11.8 Å². The molecule has 0 aliphatic rings. The lowest BCUT2D eigenvalue weighted by Gasteiger charge is -1.97. The van der Waals surface area contributed by atoms with Crippen LogP contribution in [0.1, 0.15) is 26.0 Å². The summed E-state index contributed by atoms with van der Waals surface area (Å²) >= 11 is 1.34. The Hall–Kier alpha value is -1.23. The Balaban J connectivity index is 2.60. The number of amides is 1. The van der Waals surface area contributed by atoms with Crippen LogP contribution in [0.25, 0.3) is 0 Å². The van der Waals surface area contributed by atoms with Gasteiger partial charge in [0.15, 0.2) is 5.13 Å². The zero-order chi connectivity index (χ0) is 10.6. The Kier molecular flexibility index (Phi) is 3.76. The molecule has 1 aromatic rings. The summed E-state index contributed by atoms with van der Waals surface area (Å²) in [5, 5.41) is 4.83. The summed E-state index contributed by atoms with van der Waals surface area (Å²) in [5.74, 6) is -0.997. The summed E-state index contributed by atoms with van der Waals surface area (Å²) in [6.45, 7) is 3.64. The zero-order valence-electron chi connectivity index (χ0n) is 8.16. The first-order chi connectivity index (χ1) is 6.67. The van der Waals surface area contributed by atoms with Gasteiger partial charge in [-0.15, -0.1) is 11.3 Å². The maximum atomic E-state index is 11.1. The second-order valence-corrected chi connectivity index (χ2v) is 3.59. The molecular formula is C9H12N2O2S. The summed E-state index contributed by atoms with van der Waals surface area (Å²) in [4.78, 5) is 26.2. The topological polar surface area (TPSA) is 59.1 Å². The third kappa shape index (κ3) is 2.63. The van der Waals surface area contributed by atoms with Crippen molar-refractivity contribution in [1.82, 2.24) is 4.98 Å². The molecule has 0 unspecified atom stereocenters. The minimum Gasteiger partial charge on any atom is -0.295 e. The first-order valence-electron chi connectivity index (χ1n) is 4.46. The Morgan fingerprint density at radius 1 is 1.50 bits per heavy atom. The number of aromatic nitrogens is 1. The lowest BCUT2D eigenvalue weighted by molar-refractivity contribution is -0.134. The molecular weight excluding hydrogens is 200 g/mol. The minimum atomic E-state index is -0.579. The van der Waals surface area contributed by atoms with Crippen LogP contribution in [0.2, 0.25) is 0 Å². The fourth-order valence-corrected chi connectivity index (χ4v) is 1.64. The van der Waals surface area contributed by atoms with Gasteiger partial charge in [-0.2, -0.15) is 0 Å². The molecule has 0 aliphatic heterocycles. The quantitative estimate of drug-likeness (QED) is 0.771. The predicted molar refractivity (Wildman–Crippen MR) is 55.4 cm³/mol. The van der Waals surface area contributed by atoms with E-state index in [-0.39, 0.29) is 6.42 Å². The molecule has 0 atom stereocenters. The predicted octanol–water partition coefficient (Wildman–Crippen LogP) is 1.62. The van der Waals surface area contributed by atoms with E-state index in [4.69, 9.17) is 0 Å². The van der Waals surface area contributed by atoms with Gasteiger partial charge in [-0.3, -0.25) is 14.9 Å². The number of anilines is 1. The number of carbonyl (C=O) groups excluding carboxylic acids is 2. The van der Waals surface area contributed by atoms with E-state index in [1.165, 1.54) is 11.3 Å². The van der Waals surface area contributed by atoms with Crippen LogP contribution in [0, 0.1) is 0 Å². The largest absolute Gasteiger partial charge is 0.295 e. The maximum absolute atomic E-state index is 11.1. The first-order valence-corrected chi connectivity index (χ1v) is 5.33. The average molecular weight is 212 g/mol. The van der Waals surface area contributed by atoms with E-state index in [9.17, 15) is 9.59 Å². The molecule has 1 rings (SSSR count). The van der Waals surface area contributed by atoms with E-state index in [2.05, 4.69) is 10.3 Å². The van der Waals surface area contributed by atoms with Crippen molar-refractivity contribution < 1.29 is 9.59 Å². The maximum Gasteiger partial charge on any atom is 0.293 e. The number of rotatable bonds is 4. The fourth-order valence-electron chi connectivity index (χ4n) is 0.854. The van der Waals surface area contributed by atoms with Gasteiger partial charge in [-0.1, -0.05) is 13.8 Å². The smallest absolute Gasteiger partial charge is 0.293 e. The monoisotopic (exact) mass is 212 g/mol. The van der Waals surface area contributed by atoms with E-state index in [1.54, 1.807) is 6.92 Å². The van der Waals surface area contributed by atoms with E-state index in [0.717, 1.165) is 12.1 Å². The summed E-state index contributed by atoms with van der Waals surface area (Å²) in [5.41, 5.74) is 0.925. The second kappa shape index (κ2) is 4.85. The molecule has 14 heavy (non-hydrogen) atoms. The van der Waals surface area contributed by atoms with Crippen molar-refractivity contribution in [2.75, 3.05) is 5.32 Å². The van der Waals surface area contributed by atoms with Crippen molar-refractivity contribution in [3.8, 4) is 0 Å². The molecule has 0 saturated carbocycles. The molecule has 1 N–H and O–H groups in total. The minimum absolute atomic E-state index is 0.220. The number of hydrogen-bond acceptors (Lipinski definition) is 4. The highest BCUT2D eigenvalue weighted by molar-refractivity contribution is 7.14. The van der Waals surface area contributed by atoms with Gasteiger partial charge >= 0.3 is 0 Å². The molecule has 0 radical (unpaired) electrons. The number of ketones is 1. The molecule has 1 aromatic heterocycles. The Bertz CT molecular complexity index is 346. The number of nitrogens with one attached hydrogen (secondary N) is 1. The van der Waals surface area contributed by atoms with Crippen LogP contribution in [0.3, 0.4) is 0 Å². The van der Waals surface area contributed by atoms with Crippen LogP contribution >= 0.6 is 11.3 Å². The van der Waals surface area contributed by atoms with Crippen LogP contribution in [0.5, 0.6) is 0 Å². The normalized spacial score (nSPS) is 9.86. The van der Waals surface area contributed by atoms with Crippen LogP contribution < -0.4 is 5.32 Å². The van der Waals surface area contributed by atoms with E-state index in [0.29, 0.717) is 5.13 Å². The summed E-state index contributed by atoms with van der Waals surface area (Å²) < 4.78 is 0. The SMILES string of the molecule is CCC(=O)C(=O)Nc1nc(CC)cs1. The van der Waals surface area contributed by atoms with Crippen molar-refractivity contribution in [3.63, 3.8) is 0 Å². The molecule has 76 valence electrons. The molecule has 0 fully saturated rings. The molecule has 0 spiro atoms. The van der Waals surface area contributed by atoms with Crippen molar-refractivity contribution in [3.05, 3.63) is 11.1 Å². The highest BCUT2D eigenvalue weighted by Gasteiger charge is 2.12. The highest BCUT2D eigenvalue weighted by Crippen LogP contribution is 2.15. The molecule has 0 aromatic carbocycles. The van der Waals surface area contributed by atoms with Crippen molar-refractivity contribution in [2.24, 2.45) is 0 Å². The molecule has 5 heteroatoms. The number of carbonyl (C=O) groups is 2. The Morgan fingerprint density at radius 2 is 2.21 bits per heavy atom. The Labute approximate surface area is 86.4 Å². The number of nitrogens with zero attached hydrogens (tertiary/aromatic N) is 1. The van der Waals surface area contributed by atoms with Gasteiger partial charge in [0.05, 0.1) is 5.69 Å². The van der Waals surface area contributed by atoms with E-state index < -0.39 is 11.7 Å². The molecule has 0 bridgehead atoms. The van der Waals surface area contributed by atoms with E-state index >= 15 is 0 Å². The number of Topliss-reactive ketones (excluding diaryl/α,β-unsaturated/α-hetero) is 1. The van der Waals surface area contributed by atoms with Gasteiger partial charge in [0.2, 0.25) is 5.78 Å². The lowest BCUT2D eigenvalue weighted by atomic mass is 10.3. The lowest BCUT2D eigenvalue weighted by Crippen LogP contribution is -2.21. The van der Waals surface area contributed by atoms with Gasteiger partial charge < -0.3 is 0 Å². The van der Waals surface area contributed by atoms with Crippen LogP contribution in [-0.2, 0) is 16.0 Å². The summed E-state index contributed by atoms with van der Waals surface area (Å²) in [6.07, 6.45) is 1.05. The number of aryl methyl sites for hydroxylation is 1. The van der Waals surface area contributed by atoms with Crippen LogP contribution in [0.15, 0.2) is 5.38 Å². The van der Waals surface area contributed by atoms with Crippen LogP contribution in [-0.4, -0.2) is 16.7 Å². The van der Waals surface area contributed by atoms with Crippen LogP contribution in [0.4, 0.5) is 5.13 Å². The third-order valence-corrected chi connectivity index (χ3v) is 2.52. The van der Waals surface area contributed by atoms with Gasteiger partial charge in [-0.05, 0) is 6.42 Å². The highest BCUT2D eigenvalue weighted by atomic mass is 32.1. The van der Waals surface area contributed by atoms with Crippen molar-refractivity contribution in [1.29, 1.82) is 0 Å². The molecule has 4 nitrogen and oxygen atoms in total. The first kappa shape index (κ1) is 10.8. The van der Waals surface area contributed by atoms with E-state index in [1.807, 2.05) is 12.3 Å². The second-order valence-electron chi connectivity index (χ2n) is 2.73. The zero-order valence-corrected chi connectivity index (χ0v) is 8.98. The van der Waals surface area contributed by atoms with Gasteiger partial charge in [0.25, 0.3) is 5.91 Å². The molecule has 0 aliphatic carbocycles. The standard InChI is InChI=1S/C9H12N2O2S/c1-3-6-5-14-9(10-6)11-8(13)7(12)4-2/h5H,3-4H2,1-2H3,(H,10,11,13). The third-order valence-electron chi connectivity index (χ3n) is 1.71. The average Bonchev–Trinajstić information content (AvgIpc) is 2.64. The molecule has 1 amide bonds. The van der Waals surface area contributed by atoms with Gasteiger partial charge in [0.1, 0.15) is 0 Å². The summed E-state index contributed by atoms with van der Waals surface area (Å²) in [6, 6.07) is 0. The van der Waals surface area contributed by atoms with Gasteiger partial charge in [-0.25, -0.2) is 4.98 Å². The fraction of sp³-hybridized carbons (Fsp3) is 0.444. The Morgan fingerprint density at radius 3 is 2.71 bits per heavy atom. The van der Waals surface area contributed by atoms with Crippen molar-refractivity contribution in [2.45, 2.75) is 26.7 Å². The van der Waals surface area contributed by atoms with Crippen molar-refractivity contribution >= 4 is 28.2 Å². The molecule has 0 saturated heterocycles. The number of hydrogen-bond donors (Lipinski definition) is 1. The molecule has 1 heterocycles. The number of thiazole rings is 1.